The number of hydrazine groups is 1. The van der Waals surface area contributed by atoms with E-state index >= 15 is 0 Å². The molecule has 2 nitrogen and oxygen atoms in total. The average Bonchev–Trinajstić information content (AvgIpc) is 2.90. The predicted octanol–water partition coefficient (Wildman–Crippen LogP) is 3.70. The third-order valence-electron chi connectivity index (χ3n) is 3.75. The number of halogens is 1. The van der Waals surface area contributed by atoms with Crippen LogP contribution in [0, 0.1) is 6.92 Å². The minimum absolute atomic E-state index is 0.297. The molecule has 1 aliphatic carbocycles. The number of hydrogen-bond acceptors (Lipinski definition) is 3. The van der Waals surface area contributed by atoms with Crippen molar-refractivity contribution in [2.24, 2.45) is 5.84 Å². The van der Waals surface area contributed by atoms with Crippen molar-refractivity contribution in [1.82, 2.24) is 5.43 Å². The normalized spacial score (nSPS) is 17.8. The molecular formula is C15H23ClN2S. The highest BCUT2D eigenvalue weighted by molar-refractivity contribution is 7.99. The Morgan fingerprint density at radius 3 is 2.79 bits per heavy atom. The van der Waals surface area contributed by atoms with Crippen molar-refractivity contribution in [2.45, 2.75) is 50.3 Å². The lowest BCUT2D eigenvalue weighted by molar-refractivity contribution is 0.574. The molecule has 0 amide bonds. The number of rotatable bonds is 6. The van der Waals surface area contributed by atoms with E-state index in [-0.39, 0.29) is 0 Å². The summed E-state index contributed by atoms with van der Waals surface area (Å²) in [5.41, 5.74) is 5.32. The lowest BCUT2D eigenvalue weighted by atomic mass is 10.1. The van der Waals surface area contributed by atoms with Crippen LogP contribution in [0.1, 0.15) is 36.8 Å². The molecule has 0 heterocycles. The second-order valence-corrected chi connectivity index (χ2v) is 7.14. The molecule has 0 aromatic heterocycles. The zero-order valence-corrected chi connectivity index (χ0v) is 13.1. The van der Waals surface area contributed by atoms with Gasteiger partial charge in [0, 0.05) is 22.1 Å². The van der Waals surface area contributed by atoms with Crippen LogP contribution < -0.4 is 11.3 Å². The van der Waals surface area contributed by atoms with Gasteiger partial charge in [-0.3, -0.25) is 11.3 Å². The zero-order chi connectivity index (χ0) is 13.7. The predicted molar refractivity (Wildman–Crippen MR) is 85.7 cm³/mol. The number of hydrogen-bond donors (Lipinski definition) is 2. The van der Waals surface area contributed by atoms with Crippen molar-refractivity contribution in [3.05, 3.63) is 34.3 Å². The lowest BCUT2D eigenvalue weighted by Gasteiger charge is -2.18. The maximum atomic E-state index is 6.28. The lowest BCUT2D eigenvalue weighted by Crippen LogP contribution is -2.39. The Morgan fingerprint density at radius 1 is 1.42 bits per heavy atom. The molecule has 1 fully saturated rings. The molecule has 4 heteroatoms. The largest absolute Gasteiger partial charge is 0.271 e. The Kier molecular flexibility index (Phi) is 6.02. The molecule has 0 spiro atoms. The van der Waals surface area contributed by atoms with Gasteiger partial charge in [-0.05, 0) is 43.4 Å². The number of nitrogens with two attached hydrogens (primary N) is 1. The average molecular weight is 299 g/mol. The van der Waals surface area contributed by atoms with Gasteiger partial charge >= 0.3 is 0 Å². The Hall–Kier alpha value is -0.220. The fraction of sp³-hybridized carbons (Fsp3) is 0.600. The third kappa shape index (κ3) is 4.67. The van der Waals surface area contributed by atoms with Gasteiger partial charge in [-0.2, -0.15) is 11.8 Å². The van der Waals surface area contributed by atoms with Gasteiger partial charge in [-0.1, -0.05) is 36.6 Å². The van der Waals surface area contributed by atoms with Crippen LogP contribution in [0.25, 0.3) is 0 Å². The molecule has 1 aliphatic rings. The Labute approximate surface area is 125 Å². The van der Waals surface area contributed by atoms with Crippen LogP contribution in [0.15, 0.2) is 18.2 Å². The van der Waals surface area contributed by atoms with E-state index < -0.39 is 0 Å². The standard InChI is InChI=1S/C15H23ClN2S/c1-11-6-7-12(15(16)8-11)9-13(18-17)10-19-14-4-2-3-5-14/h6-8,13-14,18H,2-5,9-10,17H2,1H3. The second-order valence-electron chi connectivity index (χ2n) is 5.40. The highest BCUT2D eigenvalue weighted by Gasteiger charge is 2.18. The third-order valence-corrected chi connectivity index (χ3v) is 5.64. The van der Waals surface area contributed by atoms with E-state index in [4.69, 9.17) is 17.4 Å². The van der Waals surface area contributed by atoms with Crippen molar-refractivity contribution >= 4 is 23.4 Å². The van der Waals surface area contributed by atoms with Crippen LogP contribution in [-0.4, -0.2) is 17.0 Å². The molecule has 2 rings (SSSR count). The number of thioether (sulfide) groups is 1. The first kappa shape index (κ1) is 15.2. The molecule has 0 saturated heterocycles. The van der Waals surface area contributed by atoms with Gasteiger partial charge in [-0.15, -0.1) is 0 Å². The molecule has 106 valence electrons. The summed E-state index contributed by atoms with van der Waals surface area (Å²) in [6.45, 7) is 2.06. The molecule has 19 heavy (non-hydrogen) atoms. The molecule has 0 bridgehead atoms. The van der Waals surface area contributed by atoms with Gasteiger partial charge in [0.15, 0.2) is 0 Å². The molecule has 1 aromatic carbocycles. The van der Waals surface area contributed by atoms with Crippen molar-refractivity contribution in [3.63, 3.8) is 0 Å². The van der Waals surface area contributed by atoms with Crippen molar-refractivity contribution in [1.29, 1.82) is 0 Å². The van der Waals surface area contributed by atoms with E-state index in [2.05, 4.69) is 36.2 Å². The summed E-state index contributed by atoms with van der Waals surface area (Å²) in [6.07, 6.45) is 6.42. The first-order chi connectivity index (χ1) is 9.19. The summed E-state index contributed by atoms with van der Waals surface area (Å²) >= 11 is 8.34. The summed E-state index contributed by atoms with van der Waals surface area (Å²) in [7, 11) is 0. The van der Waals surface area contributed by atoms with Gasteiger partial charge in [0.25, 0.3) is 0 Å². The molecule has 1 atom stereocenters. The van der Waals surface area contributed by atoms with Gasteiger partial charge in [-0.25, -0.2) is 0 Å². The summed E-state index contributed by atoms with van der Waals surface area (Å²) in [6, 6.07) is 6.54. The van der Waals surface area contributed by atoms with Crippen LogP contribution in [0.2, 0.25) is 5.02 Å². The number of nitrogens with one attached hydrogen (secondary N) is 1. The molecule has 0 radical (unpaired) electrons. The molecule has 0 aliphatic heterocycles. The first-order valence-corrected chi connectivity index (χ1v) is 8.44. The van der Waals surface area contributed by atoms with Crippen LogP contribution in [0.5, 0.6) is 0 Å². The fourth-order valence-electron chi connectivity index (χ4n) is 2.56. The van der Waals surface area contributed by atoms with Crippen LogP contribution >= 0.6 is 23.4 Å². The van der Waals surface area contributed by atoms with E-state index in [1.165, 1.54) is 36.8 Å². The summed E-state index contributed by atoms with van der Waals surface area (Å²) < 4.78 is 0. The van der Waals surface area contributed by atoms with Crippen molar-refractivity contribution in [2.75, 3.05) is 5.75 Å². The maximum Gasteiger partial charge on any atom is 0.0441 e. The van der Waals surface area contributed by atoms with E-state index in [9.17, 15) is 0 Å². The van der Waals surface area contributed by atoms with Crippen LogP contribution in [0.3, 0.4) is 0 Å². The first-order valence-electron chi connectivity index (χ1n) is 7.02. The molecule has 3 N–H and O–H groups in total. The second kappa shape index (κ2) is 7.53. The quantitative estimate of drug-likeness (QED) is 0.621. The Balaban J connectivity index is 1.86. The topological polar surface area (TPSA) is 38.0 Å². The molecular weight excluding hydrogens is 276 g/mol. The van der Waals surface area contributed by atoms with Crippen molar-refractivity contribution in [3.8, 4) is 0 Å². The van der Waals surface area contributed by atoms with Gasteiger partial charge in [0.2, 0.25) is 0 Å². The number of aryl methyl sites for hydroxylation is 1. The molecule has 1 saturated carbocycles. The van der Waals surface area contributed by atoms with E-state index in [1.807, 2.05) is 6.07 Å². The number of benzene rings is 1. The minimum Gasteiger partial charge on any atom is -0.271 e. The smallest absolute Gasteiger partial charge is 0.0441 e. The van der Waals surface area contributed by atoms with E-state index in [0.29, 0.717) is 6.04 Å². The monoisotopic (exact) mass is 298 g/mol. The van der Waals surface area contributed by atoms with E-state index in [0.717, 1.165) is 22.4 Å². The highest BCUT2D eigenvalue weighted by atomic mass is 35.5. The van der Waals surface area contributed by atoms with Gasteiger partial charge in [0.1, 0.15) is 0 Å². The fourth-order valence-corrected chi connectivity index (χ4v) is 4.25. The Morgan fingerprint density at radius 2 is 2.16 bits per heavy atom. The van der Waals surface area contributed by atoms with E-state index in [1.54, 1.807) is 0 Å². The van der Waals surface area contributed by atoms with Gasteiger partial charge in [0.05, 0.1) is 0 Å². The van der Waals surface area contributed by atoms with Crippen LogP contribution in [0.4, 0.5) is 0 Å². The summed E-state index contributed by atoms with van der Waals surface area (Å²) in [5, 5.41) is 1.69. The summed E-state index contributed by atoms with van der Waals surface area (Å²) in [5.74, 6) is 6.74. The Bertz CT molecular complexity index is 405. The van der Waals surface area contributed by atoms with Gasteiger partial charge < -0.3 is 0 Å². The summed E-state index contributed by atoms with van der Waals surface area (Å²) in [4.78, 5) is 0. The highest BCUT2D eigenvalue weighted by Crippen LogP contribution is 2.30. The SMILES string of the molecule is Cc1ccc(CC(CSC2CCCC2)NN)c(Cl)c1. The maximum absolute atomic E-state index is 6.28. The minimum atomic E-state index is 0.297. The van der Waals surface area contributed by atoms with Crippen LogP contribution in [-0.2, 0) is 6.42 Å². The van der Waals surface area contributed by atoms with Crippen molar-refractivity contribution < 1.29 is 0 Å². The molecule has 1 aromatic rings. The zero-order valence-electron chi connectivity index (χ0n) is 11.5. The molecule has 1 unspecified atom stereocenters.